The zero-order valence-electron chi connectivity index (χ0n) is 15.5. The van der Waals surface area contributed by atoms with Gasteiger partial charge in [0, 0.05) is 24.5 Å². The fraction of sp³-hybridized carbons (Fsp3) is 0.182. The van der Waals surface area contributed by atoms with Gasteiger partial charge in [-0.2, -0.15) is 0 Å². The van der Waals surface area contributed by atoms with E-state index in [1.54, 1.807) is 12.3 Å². The molecule has 6 heteroatoms. The Bertz CT molecular complexity index is 914. The number of rotatable bonds is 8. The van der Waals surface area contributed by atoms with Crippen LogP contribution in [0.4, 0.5) is 0 Å². The number of pyridine rings is 2. The molecule has 0 aliphatic heterocycles. The van der Waals surface area contributed by atoms with Crippen molar-refractivity contribution < 1.29 is 9.59 Å². The highest BCUT2D eigenvalue weighted by Crippen LogP contribution is 2.04. The minimum atomic E-state index is -0.285. The zero-order valence-corrected chi connectivity index (χ0v) is 15.5. The summed E-state index contributed by atoms with van der Waals surface area (Å²) in [7, 11) is 0. The molecule has 0 bridgehead atoms. The molecule has 1 aromatic carbocycles. The molecule has 0 aliphatic carbocycles. The molecule has 2 aromatic heterocycles. The van der Waals surface area contributed by atoms with Crippen LogP contribution in [0.1, 0.15) is 38.5 Å². The van der Waals surface area contributed by atoms with Crippen molar-refractivity contribution in [3.8, 4) is 0 Å². The number of carbonyl (C=O) groups excluding carboxylic acids is 2. The van der Waals surface area contributed by atoms with Crippen LogP contribution in [0.15, 0.2) is 73.1 Å². The van der Waals surface area contributed by atoms with Crippen molar-refractivity contribution >= 4 is 11.8 Å². The molecule has 3 rings (SSSR count). The quantitative estimate of drug-likeness (QED) is 0.594. The molecule has 0 atom stereocenters. The maximum absolute atomic E-state index is 12.3. The van der Waals surface area contributed by atoms with Crippen LogP contribution in [0.25, 0.3) is 0 Å². The van der Waals surface area contributed by atoms with E-state index in [0.717, 1.165) is 18.5 Å². The Morgan fingerprint density at radius 1 is 0.821 bits per heavy atom. The molecule has 2 amide bonds. The van der Waals surface area contributed by atoms with Gasteiger partial charge in [0.05, 0.1) is 12.2 Å². The van der Waals surface area contributed by atoms with Crippen molar-refractivity contribution in [2.45, 2.75) is 19.4 Å². The smallest absolute Gasteiger partial charge is 0.269 e. The summed E-state index contributed by atoms with van der Waals surface area (Å²) in [6.45, 7) is 0.870. The molecule has 28 heavy (non-hydrogen) atoms. The van der Waals surface area contributed by atoms with Gasteiger partial charge in [0.1, 0.15) is 5.69 Å². The van der Waals surface area contributed by atoms with Crippen LogP contribution in [0.2, 0.25) is 0 Å². The second kappa shape index (κ2) is 9.97. The van der Waals surface area contributed by atoms with Crippen molar-refractivity contribution in [3.05, 3.63) is 95.6 Å². The van der Waals surface area contributed by atoms with Crippen LogP contribution in [0, 0.1) is 0 Å². The first-order valence-electron chi connectivity index (χ1n) is 9.18. The second-order valence-electron chi connectivity index (χ2n) is 6.28. The van der Waals surface area contributed by atoms with Crippen LogP contribution in [-0.2, 0) is 13.0 Å². The first-order chi connectivity index (χ1) is 13.7. The van der Waals surface area contributed by atoms with Crippen molar-refractivity contribution in [2.75, 3.05) is 6.54 Å². The van der Waals surface area contributed by atoms with Gasteiger partial charge in [-0.1, -0.05) is 36.4 Å². The lowest BCUT2D eigenvalue weighted by molar-refractivity contribution is 0.0948. The van der Waals surface area contributed by atoms with Crippen molar-refractivity contribution in [3.63, 3.8) is 0 Å². The molecule has 0 radical (unpaired) electrons. The predicted octanol–water partition coefficient (Wildman–Crippen LogP) is 2.77. The van der Waals surface area contributed by atoms with Gasteiger partial charge in [0.25, 0.3) is 11.8 Å². The van der Waals surface area contributed by atoms with Gasteiger partial charge in [0.15, 0.2) is 0 Å². The number of nitrogens with one attached hydrogen (secondary N) is 2. The second-order valence-corrected chi connectivity index (χ2v) is 6.28. The Kier molecular flexibility index (Phi) is 6.84. The van der Waals surface area contributed by atoms with Gasteiger partial charge in [0.2, 0.25) is 0 Å². The third-order valence-corrected chi connectivity index (χ3v) is 4.18. The normalized spacial score (nSPS) is 10.3. The molecule has 2 heterocycles. The average molecular weight is 374 g/mol. The summed E-state index contributed by atoms with van der Waals surface area (Å²) in [5.41, 5.74) is 2.62. The third kappa shape index (κ3) is 5.74. The van der Waals surface area contributed by atoms with E-state index in [-0.39, 0.29) is 17.5 Å². The van der Waals surface area contributed by atoms with Crippen LogP contribution >= 0.6 is 0 Å². The van der Waals surface area contributed by atoms with Crippen molar-refractivity contribution in [1.82, 2.24) is 20.6 Å². The minimum absolute atomic E-state index is 0.227. The third-order valence-electron chi connectivity index (χ3n) is 4.18. The highest BCUT2D eigenvalue weighted by molar-refractivity contribution is 5.98. The number of benzene rings is 1. The highest BCUT2D eigenvalue weighted by Gasteiger charge is 2.11. The number of amides is 2. The molecule has 0 unspecified atom stereocenters. The number of hydrogen-bond donors (Lipinski definition) is 2. The highest BCUT2D eigenvalue weighted by atomic mass is 16.2. The fourth-order valence-electron chi connectivity index (χ4n) is 2.70. The molecule has 142 valence electrons. The monoisotopic (exact) mass is 374 g/mol. The molecule has 0 saturated heterocycles. The maximum atomic E-state index is 12.3. The maximum Gasteiger partial charge on any atom is 0.269 e. The number of aryl methyl sites for hydroxylation is 1. The molecule has 2 N–H and O–H groups in total. The average Bonchev–Trinajstić information content (AvgIpc) is 2.76. The van der Waals surface area contributed by atoms with Gasteiger partial charge in [-0.25, -0.2) is 0 Å². The van der Waals surface area contributed by atoms with E-state index in [9.17, 15) is 9.59 Å². The summed E-state index contributed by atoms with van der Waals surface area (Å²) < 4.78 is 0. The van der Waals surface area contributed by atoms with E-state index in [1.807, 2.05) is 36.4 Å². The first kappa shape index (κ1) is 19.2. The van der Waals surface area contributed by atoms with E-state index in [4.69, 9.17) is 0 Å². The molecule has 0 spiro atoms. The first-order valence-corrected chi connectivity index (χ1v) is 9.18. The number of carbonyl (C=O) groups is 2. The SMILES string of the molecule is O=C(NCc1ccccn1)c1ccnc(C(=O)NCCCc2ccccc2)c1. The summed E-state index contributed by atoms with van der Waals surface area (Å²) in [5, 5.41) is 5.64. The Hall–Kier alpha value is -3.54. The Labute approximate surface area is 164 Å². The summed E-state index contributed by atoms with van der Waals surface area (Å²) in [5.74, 6) is -0.557. The Balaban J connectivity index is 1.49. The van der Waals surface area contributed by atoms with E-state index < -0.39 is 0 Å². The molecular weight excluding hydrogens is 352 g/mol. The summed E-state index contributed by atoms with van der Waals surface area (Å²) in [6, 6.07) is 18.7. The molecule has 0 saturated carbocycles. The molecule has 6 nitrogen and oxygen atoms in total. The van der Waals surface area contributed by atoms with Gasteiger partial charge in [-0.15, -0.1) is 0 Å². The van der Waals surface area contributed by atoms with Gasteiger partial charge in [-0.3, -0.25) is 19.6 Å². The number of nitrogens with zero attached hydrogens (tertiary/aromatic N) is 2. The molecule has 0 fully saturated rings. The van der Waals surface area contributed by atoms with Crippen LogP contribution < -0.4 is 10.6 Å². The van der Waals surface area contributed by atoms with Crippen LogP contribution in [0.5, 0.6) is 0 Å². The van der Waals surface area contributed by atoms with Gasteiger partial charge >= 0.3 is 0 Å². The predicted molar refractivity (Wildman–Crippen MR) is 107 cm³/mol. The van der Waals surface area contributed by atoms with Crippen LogP contribution in [-0.4, -0.2) is 28.3 Å². The lowest BCUT2D eigenvalue weighted by Gasteiger charge is -2.07. The summed E-state index contributed by atoms with van der Waals surface area (Å²) in [4.78, 5) is 32.8. The van der Waals surface area contributed by atoms with E-state index in [0.29, 0.717) is 18.7 Å². The van der Waals surface area contributed by atoms with E-state index in [2.05, 4.69) is 32.7 Å². The standard InChI is InChI=1S/C22H22N4O2/c27-21(26-16-19-10-4-5-12-23-19)18-11-14-24-20(15-18)22(28)25-13-6-9-17-7-2-1-3-8-17/h1-5,7-8,10-12,14-15H,6,9,13,16H2,(H,25,28)(H,26,27). The van der Waals surface area contributed by atoms with E-state index in [1.165, 1.54) is 17.8 Å². The fourth-order valence-corrected chi connectivity index (χ4v) is 2.70. The minimum Gasteiger partial charge on any atom is -0.351 e. The molecule has 0 aliphatic rings. The topological polar surface area (TPSA) is 84.0 Å². The molecule has 3 aromatic rings. The lowest BCUT2D eigenvalue weighted by Crippen LogP contribution is -2.27. The zero-order chi connectivity index (χ0) is 19.6. The Morgan fingerprint density at radius 3 is 2.43 bits per heavy atom. The van der Waals surface area contributed by atoms with E-state index >= 15 is 0 Å². The van der Waals surface area contributed by atoms with Crippen LogP contribution in [0.3, 0.4) is 0 Å². The Morgan fingerprint density at radius 2 is 1.64 bits per heavy atom. The number of aromatic nitrogens is 2. The van der Waals surface area contributed by atoms with Gasteiger partial charge < -0.3 is 10.6 Å². The van der Waals surface area contributed by atoms with Crippen molar-refractivity contribution in [1.29, 1.82) is 0 Å². The van der Waals surface area contributed by atoms with Gasteiger partial charge in [-0.05, 0) is 42.7 Å². The number of hydrogen-bond acceptors (Lipinski definition) is 4. The largest absolute Gasteiger partial charge is 0.351 e. The summed E-state index contributed by atoms with van der Waals surface area (Å²) in [6.07, 6.45) is 4.87. The molecular formula is C22H22N4O2. The lowest BCUT2D eigenvalue weighted by atomic mass is 10.1. The van der Waals surface area contributed by atoms with Crippen molar-refractivity contribution in [2.24, 2.45) is 0 Å². The summed E-state index contributed by atoms with van der Waals surface area (Å²) >= 11 is 0.